The van der Waals surface area contributed by atoms with E-state index in [9.17, 15) is 9.90 Å². The molecule has 0 aliphatic heterocycles. The van der Waals surface area contributed by atoms with Gasteiger partial charge in [0.05, 0.1) is 11.5 Å². The van der Waals surface area contributed by atoms with Crippen molar-refractivity contribution in [3.63, 3.8) is 0 Å². The quantitative estimate of drug-likeness (QED) is 0.884. The first-order valence-corrected chi connectivity index (χ1v) is 7.88. The summed E-state index contributed by atoms with van der Waals surface area (Å²) in [4.78, 5) is 11.0. The number of hydrogen-bond acceptors (Lipinski definition) is 2. The molecule has 1 aromatic carbocycles. The summed E-state index contributed by atoms with van der Waals surface area (Å²) in [5.74, 6) is -0.317. The maximum absolute atomic E-state index is 11.0. The van der Waals surface area contributed by atoms with Crippen molar-refractivity contribution in [1.82, 2.24) is 0 Å². The van der Waals surface area contributed by atoms with Crippen LogP contribution in [0, 0.1) is 11.8 Å². The second-order valence-corrected chi connectivity index (χ2v) is 6.81. The van der Waals surface area contributed by atoms with Crippen LogP contribution in [0.1, 0.15) is 63.5 Å². The molecular weight excluding hydrogens is 264 g/mol. The van der Waals surface area contributed by atoms with E-state index >= 15 is 0 Å². The third kappa shape index (κ3) is 3.46. The van der Waals surface area contributed by atoms with E-state index in [1.54, 1.807) is 0 Å². The lowest BCUT2D eigenvalue weighted by Crippen LogP contribution is -2.35. The van der Waals surface area contributed by atoms with Crippen molar-refractivity contribution in [1.29, 1.82) is 0 Å². The number of carboxylic acids is 1. The molecule has 1 aromatic rings. The summed E-state index contributed by atoms with van der Waals surface area (Å²) in [6, 6.07) is 8.19. The van der Waals surface area contributed by atoms with Gasteiger partial charge in [0.15, 0.2) is 0 Å². The number of carbonyl (C=O) groups is 1. The van der Waals surface area contributed by atoms with Gasteiger partial charge in [-0.1, -0.05) is 38.1 Å². The van der Waals surface area contributed by atoms with Gasteiger partial charge < -0.3 is 10.2 Å². The lowest BCUT2D eigenvalue weighted by atomic mass is 9.71. The molecule has 2 N–H and O–H groups in total. The zero-order valence-corrected chi connectivity index (χ0v) is 13.2. The molecule has 3 heteroatoms. The number of hydrogen-bond donors (Lipinski definition) is 2. The molecular formula is C18H26O3. The lowest BCUT2D eigenvalue weighted by Gasteiger charge is -2.37. The van der Waals surface area contributed by atoms with Crippen LogP contribution in [0.4, 0.5) is 0 Å². The number of benzene rings is 1. The van der Waals surface area contributed by atoms with Crippen molar-refractivity contribution in [3.8, 4) is 0 Å². The highest BCUT2D eigenvalue weighted by Crippen LogP contribution is 2.41. The van der Waals surface area contributed by atoms with Crippen LogP contribution < -0.4 is 0 Å². The van der Waals surface area contributed by atoms with Gasteiger partial charge in [-0.2, -0.15) is 0 Å². The molecule has 1 atom stereocenters. The summed E-state index contributed by atoms with van der Waals surface area (Å²) in [6.45, 7) is 6.17. The smallest absolute Gasteiger partial charge is 0.306 e. The standard InChI is InChI=1S/C18H26O3/c1-12(2)13-4-8-15(9-5-13)18(3,21)16-10-6-14(7-11-16)17(19)20/h4-5,8-9,12,14,16,21H,6-7,10-11H2,1-3H3,(H,19,20). The molecule has 0 heterocycles. The predicted molar refractivity (Wildman–Crippen MR) is 83.2 cm³/mol. The van der Waals surface area contributed by atoms with Crippen LogP contribution in [0.15, 0.2) is 24.3 Å². The summed E-state index contributed by atoms with van der Waals surface area (Å²) in [6.07, 6.45) is 2.88. The monoisotopic (exact) mass is 290 g/mol. The van der Waals surface area contributed by atoms with Crippen molar-refractivity contribution < 1.29 is 15.0 Å². The topological polar surface area (TPSA) is 57.5 Å². The highest BCUT2D eigenvalue weighted by atomic mass is 16.4. The van der Waals surface area contributed by atoms with E-state index in [0.29, 0.717) is 18.8 Å². The minimum Gasteiger partial charge on any atom is -0.481 e. The Kier molecular flexibility index (Phi) is 4.72. The third-order valence-electron chi connectivity index (χ3n) is 5.03. The lowest BCUT2D eigenvalue weighted by molar-refractivity contribution is -0.144. The molecule has 1 fully saturated rings. The van der Waals surface area contributed by atoms with Gasteiger partial charge >= 0.3 is 5.97 Å². The summed E-state index contributed by atoms with van der Waals surface area (Å²) in [5.41, 5.74) is 1.33. The molecule has 1 aliphatic carbocycles. The van der Waals surface area contributed by atoms with Crippen LogP contribution in [0.3, 0.4) is 0 Å². The maximum atomic E-state index is 11.0. The van der Waals surface area contributed by atoms with Gasteiger partial charge in [-0.05, 0) is 55.6 Å². The molecule has 3 nitrogen and oxygen atoms in total. The first-order chi connectivity index (χ1) is 9.82. The number of rotatable bonds is 4. The van der Waals surface area contributed by atoms with E-state index in [-0.39, 0.29) is 11.8 Å². The van der Waals surface area contributed by atoms with Crippen molar-refractivity contribution >= 4 is 5.97 Å². The van der Waals surface area contributed by atoms with Crippen molar-refractivity contribution in [2.45, 2.75) is 58.0 Å². The zero-order valence-electron chi connectivity index (χ0n) is 13.2. The van der Waals surface area contributed by atoms with Gasteiger partial charge in [0, 0.05) is 0 Å². The Hall–Kier alpha value is -1.35. The summed E-state index contributed by atoms with van der Waals surface area (Å²) in [7, 11) is 0. The Balaban J connectivity index is 2.09. The molecule has 0 aromatic heterocycles. The molecule has 116 valence electrons. The molecule has 1 saturated carbocycles. The highest BCUT2D eigenvalue weighted by molar-refractivity contribution is 5.70. The maximum Gasteiger partial charge on any atom is 0.306 e. The van der Waals surface area contributed by atoms with Gasteiger partial charge in [0.25, 0.3) is 0 Å². The van der Waals surface area contributed by atoms with Crippen LogP contribution >= 0.6 is 0 Å². The van der Waals surface area contributed by atoms with E-state index in [1.807, 2.05) is 19.1 Å². The Bertz CT molecular complexity index is 480. The SMILES string of the molecule is CC(C)c1ccc(C(C)(O)C2CCC(C(=O)O)CC2)cc1. The Morgan fingerprint density at radius 2 is 1.67 bits per heavy atom. The number of aliphatic hydroxyl groups is 1. The Morgan fingerprint density at radius 3 is 2.10 bits per heavy atom. The molecule has 0 saturated heterocycles. The van der Waals surface area contributed by atoms with Crippen LogP contribution in [-0.2, 0) is 10.4 Å². The average molecular weight is 290 g/mol. The fourth-order valence-electron chi connectivity index (χ4n) is 3.34. The van der Waals surface area contributed by atoms with E-state index < -0.39 is 11.6 Å². The van der Waals surface area contributed by atoms with Gasteiger partial charge in [0.1, 0.15) is 0 Å². The van der Waals surface area contributed by atoms with E-state index in [0.717, 1.165) is 18.4 Å². The second kappa shape index (κ2) is 6.18. The van der Waals surface area contributed by atoms with Gasteiger partial charge in [-0.25, -0.2) is 0 Å². The second-order valence-electron chi connectivity index (χ2n) is 6.81. The normalized spacial score (nSPS) is 25.6. The van der Waals surface area contributed by atoms with Crippen molar-refractivity contribution in [2.24, 2.45) is 11.8 Å². The fourth-order valence-corrected chi connectivity index (χ4v) is 3.34. The largest absolute Gasteiger partial charge is 0.481 e. The Morgan fingerprint density at radius 1 is 1.14 bits per heavy atom. The summed E-state index contributed by atoms with van der Waals surface area (Å²) >= 11 is 0. The van der Waals surface area contributed by atoms with Gasteiger partial charge in [-0.15, -0.1) is 0 Å². The van der Waals surface area contributed by atoms with Crippen molar-refractivity contribution in [2.75, 3.05) is 0 Å². The van der Waals surface area contributed by atoms with E-state index in [1.165, 1.54) is 5.56 Å². The van der Waals surface area contributed by atoms with Gasteiger partial charge in [-0.3, -0.25) is 4.79 Å². The number of aliphatic carboxylic acids is 1. The zero-order chi connectivity index (χ0) is 15.6. The first kappa shape index (κ1) is 16.0. The molecule has 21 heavy (non-hydrogen) atoms. The first-order valence-electron chi connectivity index (χ1n) is 7.88. The molecule has 1 aliphatic rings. The molecule has 1 unspecified atom stereocenters. The van der Waals surface area contributed by atoms with Gasteiger partial charge in [0.2, 0.25) is 0 Å². The molecule has 0 bridgehead atoms. The number of carboxylic acid groups (broad SMARTS) is 1. The van der Waals surface area contributed by atoms with Crippen LogP contribution in [0.5, 0.6) is 0 Å². The van der Waals surface area contributed by atoms with E-state index in [2.05, 4.69) is 26.0 Å². The minimum absolute atomic E-state index is 0.137. The predicted octanol–water partition coefficient (Wildman–Crippen LogP) is 3.91. The van der Waals surface area contributed by atoms with Crippen LogP contribution in [0.25, 0.3) is 0 Å². The third-order valence-corrected chi connectivity index (χ3v) is 5.03. The highest BCUT2D eigenvalue weighted by Gasteiger charge is 2.37. The summed E-state index contributed by atoms with van der Waals surface area (Å²) < 4.78 is 0. The Labute approximate surface area is 127 Å². The van der Waals surface area contributed by atoms with Crippen molar-refractivity contribution in [3.05, 3.63) is 35.4 Å². The fraction of sp³-hybridized carbons (Fsp3) is 0.611. The minimum atomic E-state index is -0.876. The molecule has 0 amide bonds. The average Bonchev–Trinajstić information content (AvgIpc) is 2.47. The van der Waals surface area contributed by atoms with Crippen LogP contribution in [-0.4, -0.2) is 16.2 Å². The van der Waals surface area contributed by atoms with E-state index in [4.69, 9.17) is 5.11 Å². The molecule has 2 rings (SSSR count). The van der Waals surface area contributed by atoms with Crippen LogP contribution in [0.2, 0.25) is 0 Å². The molecule has 0 spiro atoms. The summed E-state index contributed by atoms with van der Waals surface area (Å²) in [5, 5.41) is 20.0. The molecule has 0 radical (unpaired) electrons.